The molecule has 0 aliphatic rings. The van der Waals surface area contributed by atoms with Crippen LogP contribution in [0, 0.1) is 0 Å². The van der Waals surface area contributed by atoms with E-state index in [4.69, 9.17) is 25.2 Å². The Bertz CT molecular complexity index is 1220. The summed E-state index contributed by atoms with van der Waals surface area (Å²) >= 11 is 5.92. The molecule has 0 amide bonds. The van der Waals surface area contributed by atoms with Gasteiger partial charge in [-0.1, -0.05) is 29.8 Å². The van der Waals surface area contributed by atoms with Gasteiger partial charge in [-0.05, 0) is 30.3 Å². The number of hydrogen-bond acceptors (Lipinski definition) is 8. The molecule has 2 heterocycles. The largest absolute Gasteiger partial charge is 0.456 e. The monoisotopic (exact) mass is 411 g/mol. The van der Waals surface area contributed by atoms with E-state index in [1.54, 1.807) is 18.2 Å². The maximum Gasteiger partial charge on any atom is 0.358 e. The number of hydrogen-bond donors (Lipinski definition) is 0. The second kappa shape index (κ2) is 8.24. The lowest BCUT2D eigenvalue weighted by Crippen LogP contribution is -2.14. The number of carbonyl (C=O) groups is 1. The van der Waals surface area contributed by atoms with Gasteiger partial charge in [-0.3, -0.25) is 4.79 Å². The number of carbonyl (C=O) groups excluding carboxylic acids is 1. The van der Waals surface area contributed by atoms with Gasteiger partial charge in [-0.2, -0.15) is 0 Å². The smallest absolute Gasteiger partial charge is 0.358 e. The molecule has 0 saturated heterocycles. The maximum absolute atomic E-state index is 12.0. The fraction of sp³-hybridized carbons (Fsp3) is 0.150. The van der Waals surface area contributed by atoms with Crippen molar-refractivity contribution < 1.29 is 18.4 Å². The third-order valence-corrected chi connectivity index (χ3v) is 4.26. The van der Waals surface area contributed by atoms with Gasteiger partial charge < -0.3 is 13.6 Å². The van der Waals surface area contributed by atoms with Crippen LogP contribution in [0.2, 0.25) is 5.02 Å². The number of fused-ring (bicyclic) bond motifs is 1. The van der Waals surface area contributed by atoms with Gasteiger partial charge in [0.05, 0.1) is 6.42 Å². The fourth-order valence-electron chi connectivity index (χ4n) is 2.62. The summed E-state index contributed by atoms with van der Waals surface area (Å²) in [4.78, 5) is 28.2. The van der Waals surface area contributed by atoms with Crippen LogP contribution < -0.4 is 5.63 Å². The van der Waals surface area contributed by atoms with Gasteiger partial charge in [0.1, 0.15) is 11.2 Å². The average Bonchev–Trinajstić information content (AvgIpc) is 3.21. The number of aryl methyl sites for hydroxylation is 1. The molecule has 0 saturated carbocycles. The lowest BCUT2D eigenvalue weighted by Gasteiger charge is -2.03. The van der Waals surface area contributed by atoms with Crippen molar-refractivity contribution in [3.05, 3.63) is 75.6 Å². The number of nitrogens with zero attached hydrogens (tertiary/aromatic N) is 3. The van der Waals surface area contributed by atoms with E-state index in [0.717, 1.165) is 5.56 Å². The SMILES string of the molecule is O=C(CCc1nc2cc(Cl)ccc2oc1=O)OCc1nnc(-c2ccccc2)o1. The second-order valence-electron chi connectivity index (χ2n) is 6.09. The van der Waals surface area contributed by atoms with Crippen molar-refractivity contribution in [2.24, 2.45) is 0 Å². The normalized spacial score (nSPS) is 10.9. The number of benzene rings is 2. The number of aromatic nitrogens is 3. The van der Waals surface area contributed by atoms with E-state index in [1.165, 1.54) is 0 Å². The Balaban J connectivity index is 1.35. The minimum atomic E-state index is -0.600. The highest BCUT2D eigenvalue weighted by molar-refractivity contribution is 6.31. The molecule has 8 nitrogen and oxygen atoms in total. The van der Waals surface area contributed by atoms with Gasteiger partial charge in [0.15, 0.2) is 12.2 Å². The molecule has 4 rings (SSSR count). The van der Waals surface area contributed by atoms with Crippen LogP contribution in [-0.2, 0) is 22.6 Å². The predicted octanol–water partition coefficient (Wildman–Crippen LogP) is 3.57. The Kier molecular flexibility index (Phi) is 5.35. The zero-order chi connectivity index (χ0) is 20.2. The van der Waals surface area contributed by atoms with Crippen LogP contribution in [0.15, 0.2) is 62.2 Å². The quantitative estimate of drug-likeness (QED) is 0.443. The Morgan fingerprint density at radius 2 is 1.90 bits per heavy atom. The van der Waals surface area contributed by atoms with Crippen LogP contribution >= 0.6 is 11.6 Å². The minimum Gasteiger partial charge on any atom is -0.456 e. The summed E-state index contributed by atoms with van der Waals surface area (Å²) in [6, 6.07) is 14.0. The first-order chi connectivity index (χ1) is 14.1. The highest BCUT2D eigenvalue weighted by Crippen LogP contribution is 2.18. The Morgan fingerprint density at radius 1 is 1.07 bits per heavy atom. The summed E-state index contributed by atoms with van der Waals surface area (Å²) in [6.07, 6.45) is 0.0201. The summed E-state index contributed by atoms with van der Waals surface area (Å²) in [7, 11) is 0. The molecule has 2 aromatic heterocycles. The van der Waals surface area contributed by atoms with Crippen LogP contribution in [0.4, 0.5) is 0 Å². The van der Waals surface area contributed by atoms with Crippen molar-refractivity contribution in [2.45, 2.75) is 19.4 Å². The Hall–Kier alpha value is -3.52. The predicted molar refractivity (Wildman–Crippen MR) is 103 cm³/mol. The first-order valence-electron chi connectivity index (χ1n) is 8.71. The molecule has 4 aromatic rings. The average molecular weight is 412 g/mol. The van der Waals surface area contributed by atoms with Gasteiger partial charge in [0.25, 0.3) is 5.89 Å². The molecule has 0 spiro atoms. The molecular formula is C20H14ClN3O5. The summed E-state index contributed by atoms with van der Waals surface area (Å²) in [5, 5.41) is 8.25. The lowest BCUT2D eigenvalue weighted by molar-refractivity contribution is -0.145. The molecular weight excluding hydrogens is 398 g/mol. The number of halogens is 1. The van der Waals surface area contributed by atoms with Crippen molar-refractivity contribution in [2.75, 3.05) is 0 Å². The summed E-state index contributed by atoms with van der Waals surface area (Å²) in [5.41, 5.74) is 1.07. The van der Waals surface area contributed by atoms with E-state index >= 15 is 0 Å². The van der Waals surface area contributed by atoms with Crippen molar-refractivity contribution >= 4 is 28.7 Å². The zero-order valence-corrected chi connectivity index (χ0v) is 15.8. The highest BCUT2D eigenvalue weighted by Gasteiger charge is 2.13. The molecule has 0 aliphatic carbocycles. The van der Waals surface area contributed by atoms with E-state index in [0.29, 0.717) is 22.0 Å². The summed E-state index contributed by atoms with van der Waals surface area (Å²) in [6.45, 7) is -0.159. The molecule has 0 fully saturated rings. The topological polar surface area (TPSA) is 108 Å². The van der Waals surface area contributed by atoms with Crippen LogP contribution in [0.25, 0.3) is 22.6 Å². The number of esters is 1. The summed E-state index contributed by atoms with van der Waals surface area (Å²) in [5.74, 6) is -0.0136. The molecule has 0 unspecified atom stereocenters. The van der Waals surface area contributed by atoms with Crippen molar-refractivity contribution in [1.82, 2.24) is 15.2 Å². The summed E-state index contributed by atoms with van der Waals surface area (Å²) < 4.78 is 15.8. The third kappa shape index (κ3) is 4.49. The Labute approximate surface area is 169 Å². The number of rotatable bonds is 6. The minimum absolute atomic E-state index is 0.0521. The highest BCUT2D eigenvalue weighted by atomic mass is 35.5. The Morgan fingerprint density at radius 3 is 2.72 bits per heavy atom. The van der Waals surface area contributed by atoms with Gasteiger partial charge >= 0.3 is 11.6 Å². The molecule has 146 valence electrons. The van der Waals surface area contributed by atoms with Crippen LogP contribution in [0.5, 0.6) is 0 Å². The van der Waals surface area contributed by atoms with Gasteiger partial charge in [-0.25, -0.2) is 9.78 Å². The molecule has 0 radical (unpaired) electrons. The molecule has 0 aliphatic heterocycles. The van der Waals surface area contributed by atoms with Gasteiger partial charge in [0, 0.05) is 17.0 Å². The van der Waals surface area contributed by atoms with E-state index in [9.17, 15) is 9.59 Å². The fourth-order valence-corrected chi connectivity index (χ4v) is 2.78. The lowest BCUT2D eigenvalue weighted by atomic mass is 10.2. The third-order valence-electron chi connectivity index (χ3n) is 4.02. The zero-order valence-electron chi connectivity index (χ0n) is 15.0. The van der Waals surface area contributed by atoms with Crippen molar-refractivity contribution in [3.63, 3.8) is 0 Å². The van der Waals surface area contributed by atoms with Gasteiger partial charge in [0.2, 0.25) is 5.89 Å². The van der Waals surface area contributed by atoms with Gasteiger partial charge in [-0.15, -0.1) is 10.2 Å². The van der Waals surface area contributed by atoms with E-state index in [-0.39, 0.29) is 31.0 Å². The van der Waals surface area contributed by atoms with Crippen molar-refractivity contribution in [1.29, 1.82) is 0 Å². The van der Waals surface area contributed by atoms with E-state index < -0.39 is 11.6 Å². The van der Waals surface area contributed by atoms with Crippen molar-refractivity contribution in [3.8, 4) is 11.5 Å². The van der Waals surface area contributed by atoms with Crippen LogP contribution in [0.3, 0.4) is 0 Å². The van der Waals surface area contributed by atoms with Crippen LogP contribution in [0.1, 0.15) is 18.0 Å². The van der Waals surface area contributed by atoms with E-state index in [2.05, 4.69) is 15.2 Å². The second-order valence-corrected chi connectivity index (χ2v) is 6.52. The first-order valence-corrected chi connectivity index (χ1v) is 9.09. The van der Waals surface area contributed by atoms with Crippen LogP contribution in [-0.4, -0.2) is 21.2 Å². The number of ether oxygens (including phenoxy) is 1. The first kappa shape index (κ1) is 18.8. The molecule has 9 heteroatoms. The maximum atomic E-state index is 12.0. The molecule has 0 N–H and O–H groups in total. The van der Waals surface area contributed by atoms with E-state index in [1.807, 2.05) is 30.3 Å². The molecule has 0 atom stereocenters. The molecule has 2 aromatic carbocycles. The molecule has 0 bridgehead atoms. The molecule has 29 heavy (non-hydrogen) atoms. The standard InChI is InChI=1S/C20H14ClN3O5/c21-13-6-8-16-15(10-13)22-14(20(26)28-16)7-9-18(25)27-11-17-23-24-19(29-17)12-4-2-1-3-5-12/h1-6,8,10H,7,9,11H2.